The van der Waals surface area contributed by atoms with E-state index in [1.807, 2.05) is 12.1 Å². The van der Waals surface area contributed by atoms with Crippen LogP contribution < -0.4 is 18.9 Å². The van der Waals surface area contributed by atoms with Gasteiger partial charge in [-0.1, -0.05) is 23.7 Å². The van der Waals surface area contributed by atoms with Crippen LogP contribution in [0.25, 0.3) is 6.08 Å². The largest absolute Gasteiger partial charge is 0.496 e. The molecule has 0 aromatic heterocycles. The Morgan fingerprint density at radius 3 is 2.56 bits per heavy atom. The fraction of sp³-hybridized carbons (Fsp3) is 0.160. The molecule has 0 radical (unpaired) electrons. The van der Waals surface area contributed by atoms with E-state index in [2.05, 4.69) is 0 Å². The van der Waals surface area contributed by atoms with E-state index < -0.39 is 4.92 Å². The number of benzene rings is 3. The van der Waals surface area contributed by atoms with Crippen LogP contribution in [0, 0.1) is 10.1 Å². The van der Waals surface area contributed by atoms with Gasteiger partial charge in [0.05, 0.1) is 17.1 Å². The molecule has 0 aliphatic carbocycles. The summed E-state index contributed by atoms with van der Waals surface area (Å²) in [5, 5.41) is 11.0. The molecule has 0 saturated heterocycles. The first-order chi connectivity index (χ1) is 16.4. The predicted octanol–water partition coefficient (Wildman–Crippen LogP) is 5.50. The van der Waals surface area contributed by atoms with Gasteiger partial charge in [0.2, 0.25) is 0 Å². The van der Waals surface area contributed by atoms with E-state index >= 15 is 0 Å². The maximum Gasteiger partial charge on any atom is 0.271 e. The summed E-state index contributed by atoms with van der Waals surface area (Å²) in [4.78, 5) is 23.0. The molecule has 0 amide bonds. The molecule has 0 atom stereocenters. The van der Waals surface area contributed by atoms with Gasteiger partial charge in [-0.3, -0.25) is 14.9 Å². The van der Waals surface area contributed by atoms with E-state index in [0.717, 1.165) is 5.56 Å². The molecule has 9 heteroatoms. The lowest BCUT2D eigenvalue weighted by molar-refractivity contribution is -0.384. The van der Waals surface area contributed by atoms with Gasteiger partial charge in [0, 0.05) is 23.3 Å². The molecule has 0 N–H and O–H groups in total. The van der Waals surface area contributed by atoms with Gasteiger partial charge in [0.15, 0.2) is 17.3 Å². The van der Waals surface area contributed by atoms with Crippen molar-refractivity contribution in [2.75, 3.05) is 20.3 Å². The maximum atomic E-state index is 12.6. The monoisotopic (exact) mass is 481 g/mol. The Labute approximate surface area is 200 Å². The van der Waals surface area contributed by atoms with Gasteiger partial charge in [0.1, 0.15) is 31.3 Å². The van der Waals surface area contributed by atoms with Crippen LogP contribution in [0.5, 0.6) is 23.0 Å². The van der Waals surface area contributed by atoms with Crippen LogP contribution in [0.3, 0.4) is 0 Å². The topological polar surface area (TPSA) is 97.1 Å². The van der Waals surface area contributed by atoms with Crippen molar-refractivity contribution in [3.8, 4) is 23.0 Å². The summed E-state index contributed by atoms with van der Waals surface area (Å²) < 4.78 is 22.2. The molecule has 3 aromatic rings. The van der Waals surface area contributed by atoms with Gasteiger partial charge in [-0.05, 0) is 48.0 Å². The lowest BCUT2D eigenvalue weighted by Gasteiger charge is -2.18. The number of hydrogen-bond donors (Lipinski definition) is 0. The van der Waals surface area contributed by atoms with Crippen molar-refractivity contribution in [1.82, 2.24) is 0 Å². The number of methoxy groups -OCH3 is 1. The van der Waals surface area contributed by atoms with Crippen LogP contribution in [0.4, 0.5) is 5.69 Å². The Hall–Kier alpha value is -4.04. The predicted molar refractivity (Wildman–Crippen MR) is 126 cm³/mol. The van der Waals surface area contributed by atoms with Crippen LogP contribution in [-0.2, 0) is 6.61 Å². The summed E-state index contributed by atoms with van der Waals surface area (Å²) in [7, 11) is 1.54. The summed E-state index contributed by atoms with van der Waals surface area (Å²) in [6, 6.07) is 14.5. The normalized spacial score (nSPS) is 12.4. The fourth-order valence-electron chi connectivity index (χ4n) is 3.36. The lowest BCUT2D eigenvalue weighted by atomic mass is 10.1. The Bertz CT molecular complexity index is 1270. The summed E-state index contributed by atoms with van der Waals surface area (Å²) in [6.45, 7) is 1.04. The minimum Gasteiger partial charge on any atom is -0.496 e. The fourth-order valence-corrected chi connectivity index (χ4v) is 3.58. The van der Waals surface area contributed by atoms with Gasteiger partial charge in [-0.15, -0.1) is 0 Å². The molecule has 8 nitrogen and oxygen atoms in total. The van der Waals surface area contributed by atoms with Gasteiger partial charge in [0.25, 0.3) is 5.69 Å². The van der Waals surface area contributed by atoms with Gasteiger partial charge >= 0.3 is 0 Å². The molecular weight excluding hydrogens is 462 g/mol. The molecular formula is C25H20ClNO7. The number of halogens is 1. The van der Waals surface area contributed by atoms with Crippen molar-refractivity contribution in [1.29, 1.82) is 0 Å². The number of ketones is 1. The zero-order valence-electron chi connectivity index (χ0n) is 18.2. The minimum atomic E-state index is -0.527. The first-order valence-electron chi connectivity index (χ1n) is 10.3. The molecule has 1 aliphatic heterocycles. The van der Waals surface area contributed by atoms with Crippen molar-refractivity contribution < 1.29 is 28.7 Å². The third-order valence-electron chi connectivity index (χ3n) is 5.07. The third kappa shape index (κ3) is 5.29. The molecule has 0 saturated carbocycles. The number of nitro benzene ring substituents is 1. The lowest BCUT2D eigenvalue weighted by Crippen LogP contribution is -2.15. The third-order valence-corrected chi connectivity index (χ3v) is 5.36. The molecule has 0 spiro atoms. The molecule has 1 heterocycles. The molecule has 0 unspecified atom stereocenters. The zero-order valence-corrected chi connectivity index (χ0v) is 18.9. The SMILES string of the molecule is COc1ccc(/C=C/C(=O)c2ccc3c(c2)OCCO3)cc1COc1ccc([N+](=O)[O-])cc1Cl. The molecule has 34 heavy (non-hydrogen) atoms. The van der Waals surface area contributed by atoms with Crippen molar-refractivity contribution in [2.24, 2.45) is 0 Å². The van der Waals surface area contributed by atoms with Crippen LogP contribution in [0.1, 0.15) is 21.5 Å². The average Bonchev–Trinajstić information content (AvgIpc) is 2.86. The van der Waals surface area contributed by atoms with Gasteiger partial charge in [-0.2, -0.15) is 0 Å². The van der Waals surface area contributed by atoms with E-state index in [0.29, 0.717) is 47.3 Å². The smallest absolute Gasteiger partial charge is 0.271 e. The number of rotatable bonds is 8. The number of nitrogens with zero attached hydrogens (tertiary/aromatic N) is 1. The summed E-state index contributed by atoms with van der Waals surface area (Å²) in [5.41, 5.74) is 1.85. The quantitative estimate of drug-likeness (QED) is 0.181. The number of carbonyl (C=O) groups excluding carboxylic acids is 1. The molecule has 4 rings (SSSR count). The van der Waals surface area contributed by atoms with Crippen molar-refractivity contribution in [3.63, 3.8) is 0 Å². The summed E-state index contributed by atoms with van der Waals surface area (Å²) in [6.07, 6.45) is 3.17. The van der Waals surface area contributed by atoms with Crippen LogP contribution in [-0.4, -0.2) is 31.0 Å². The average molecular weight is 482 g/mol. The van der Waals surface area contributed by atoms with E-state index in [4.69, 9.17) is 30.5 Å². The number of ether oxygens (including phenoxy) is 4. The van der Waals surface area contributed by atoms with Crippen LogP contribution in [0.2, 0.25) is 5.02 Å². The van der Waals surface area contributed by atoms with Crippen molar-refractivity contribution >= 4 is 29.1 Å². The highest BCUT2D eigenvalue weighted by molar-refractivity contribution is 6.32. The standard InChI is InChI=1S/C25H20ClNO7/c1-31-22-7-3-16(2-6-21(28)17-4-8-24-25(13-17)33-11-10-32-24)12-18(22)15-34-23-9-5-19(27(29)30)14-20(23)26/h2-9,12-14H,10-11,15H2,1H3/b6-2+. The summed E-state index contributed by atoms with van der Waals surface area (Å²) >= 11 is 6.11. The number of non-ortho nitro benzene ring substituents is 1. The highest BCUT2D eigenvalue weighted by Gasteiger charge is 2.14. The zero-order chi connectivity index (χ0) is 24.1. The molecule has 0 fully saturated rings. The number of allylic oxidation sites excluding steroid dienone is 1. The van der Waals surface area contributed by atoms with Gasteiger partial charge in [-0.25, -0.2) is 0 Å². The second kappa shape index (κ2) is 10.3. The van der Waals surface area contributed by atoms with Crippen molar-refractivity contribution in [2.45, 2.75) is 6.61 Å². The first kappa shape index (κ1) is 23.1. The number of fused-ring (bicyclic) bond motifs is 1. The van der Waals surface area contributed by atoms with E-state index in [1.165, 1.54) is 24.3 Å². The van der Waals surface area contributed by atoms with E-state index in [1.54, 1.807) is 37.5 Å². The second-order valence-corrected chi connectivity index (χ2v) is 7.70. The Balaban J connectivity index is 1.48. The van der Waals surface area contributed by atoms with Crippen LogP contribution >= 0.6 is 11.6 Å². The maximum absolute atomic E-state index is 12.6. The second-order valence-electron chi connectivity index (χ2n) is 7.29. The summed E-state index contributed by atoms with van der Waals surface area (Å²) in [5.74, 6) is 1.90. The molecule has 1 aliphatic rings. The molecule has 0 bridgehead atoms. The van der Waals surface area contributed by atoms with Crippen molar-refractivity contribution in [3.05, 3.63) is 92.5 Å². The van der Waals surface area contributed by atoms with E-state index in [-0.39, 0.29) is 23.1 Å². The first-order valence-corrected chi connectivity index (χ1v) is 10.7. The van der Waals surface area contributed by atoms with Crippen LogP contribution in [0.15, 0.2) is 60.7 Å². The number of carbonyl (C=O) groups is 1. The van der Waals surface area contributed by atoms with E-state index in [9.17, 15) is 14.9 Å². The highest BCUT2D eigenvalue weighted by atomic mass is 35.5. The van der Waals surface area contributed by atoms with Gasteiger partial charge < -0.3 is 18.9 Å². The Morgan fingerprint density at radius 1 is 1.06 bits per heavy atom. The number of hydrogen-bond acceptors (Lipinski definition) is 7. The molecule has 3 aromatic carbocycles. The number of nitro groups is 1. The highest BCUT2D eigenvalue weighted by Crippen LogP contribution is 2.32. The Morgan fingerprint density at radius 2 is 1.82 bits per heavy atom. The molecule has 174 valence electrons. The minimum absolute atomic E-state index is 0.110. The Kier molecular flexibility index (Phi) is 6.98.